The third-order valence-electron chi connectivity index (χ3n) is 4.38. The Labute approximate surface area is 162 Å². The smallest absolute Gasteiger partial charge is 0.341 e. The van der Waals surface area contributed by atoms with Gasteiger partial charge in [0.25, 0.3) is 11.8 Å². The number of aryl methyl sites for hydroxylation is 2. The van der Waals surface area contributed by atoms with Gasteiger partial charge in [0.05, 0.1) is 0 Å². The maximum absolute atomic E-state index is 12.5. The number of nitrogens with one attached hydrogen (secondary N) is 2. The van der Waals surface area contributed by atoms with Crippen molar-refractivity contribution in [3.05, 3.63) is 58.7 Å². The minimum Gasteiger partial charge on any atom is -0.481 e. The highest BCUT2D eigenvalue weighted by molar-refractivity contribution is 6.05. The standard InChI is InChI=1S/C21H22N2O5/c1-12-9-15(10-13(2)19(12)28-11-18(24)25)21(27)23-16-5-3-14(4-6-16)20(26)22-17-7-8-17/h3-6,9-10,17H,7-8,11H2,1-2H3,(H,22,26)(H,23,27)(H,24,25). The fourth-order valence-electron chi connectivity index (χ4n) is 2.85. The van der Waals surface area contributed by atoms with E-state index in [1.807, 2.05) is 0 Å². The maximum Gasteiger partial charge on any atom is 0.341 e. The molecular formula is C21H22N2O5. The second-order valence-electron chi connectivity index (χ2n) is 6.90. The zero-order valence-electron chi connectivity index (χ0n) is 15.7. The summed E-state index contributed by atoms with van der Waals surface area (Å²) < 4.78 is 5.28. The largest absolute Gasteiger partial charge is 0.481 e. The molecule has 0 aliphatic heterocycles. The molecule has 0 atom stereocenters. The summed E-state index contributed by atoms with van der Waals surface area (Å²) in [5.41, 5.74) is 2.93. The Morgan fingerprint density at radius 2 is 1.61 bits per heavy atom. The van der Waals surface area contributed by atoms with Crippen LogP contribution in [0.25, 0.3) is 0 Å². The number of hydrogen-bond donors (Lipinski definition) is 3. The van der Waals surface area contributed by atoms with Crippen molar-refractivity contribution in [1.82, 2.24) is 5.32 Å². The van der Waals surface area contributed by atoms with Crippen LogP contribution >= 0.6 is 0 Å². The van der Waals surface area contributed by atoms with Gasteiger partial charge in [-0.1, -0.05) is 0 Å². The minimum absolute atomic E-state index is 0.108. The molecule has 0 aromatic heterocycles. The fraction of sp³-hybridized carbons (Fsp3) is 0.286. The summed E-state index contributed by atoms with van der Waals surface area (Å²) in [4.78, 5) is 35.2. The van der Waals surface area contributed by atoms with Gasteiger partial charge in [0.2, 0.25) is 0 Å². The molecule has 146 valence electrons. The molecule has 1 aliphatic carbocycles. The molecule has 7 heteroatoms. The van der Waals surface area contributed by atoms with Crippen LogP contribution in [0.15, 0.2) is 36.4 Å². The van der Waals surface area contributed by atoms with Crippen molar-refractivity contribution in [3.63, 3.8) is 0 Å². The summed E-state index contributed by atoms with van der Waals surface area (Å²) in [5.74, 6) is -1.01. The quantitative estimate of drug-likeness (QED) is 0.683. The molecule has 2 aromatic carbocycles. The van der Waals surface area contributed by atoms with Crippen LogP contribution in [-0.4, -0.2) is 35.5 Å². The van der Waals surface area contributed by atoms with E-state index in [0.717, 1.165) is 12.8 Å². The molecule has 1 aliphatic rings. The molecule has 0 unspecified atom stereocenters. The zero-order chi connectivity index (χ0) is 20.3. The van der Waals surface area contributed by atoms with Crippen molar-refractivity contribution in [3.8, 4) is 5.75 Å². The van der Waals surface area contributed by atoms with Crippen molar-refractivity contribution < 1.29 is 24.2 Å². The molecular weight excluding hydrogens is 360 g/mol. The van der Waals surface area contributed by atoms with Crippen molar-refractivity contribution in [1.29, 1.82) is 0 Å². The second kappa shape index (κ2) is 8.12. The van der Waals surface area contributed by atoms with Crippen LogP contribution in [0, 0.1) is 13.8 Å². The number of carboxylic acids is 1. The molecule has 2 aromatic rings. The predicted molar refractivity (Wildman–Crippen MR) is 104 cm³/mol. The van der Waals surface area contributed by atoms with Crippen LogP contribution in [0.5, 0.6) is 5.75 Å². The van der Waals surface area contributed by atoms with E-state index >= 15 is 0 Å². The lowest BCUT2D eigenvalue weighted by Crippen LogP contribution is -2.25. The molecule has 3 rings (SSSR count). The highest BCUT2D eigenvalue weighted by Crippen LogP contribution is 2.25. The number of ether oxygens (including phenoxy) is 1. The molecule has 7 nitrogen and oxygen atoms in total. The van der Waals surface area contributed by atoms with E-state index in [1.165, 1.54) is 0 Å². The number of carboxylic acid groups (broad SMARTS) is 1. The molecule has 28 heavy (non-hydrogen) atoms. The van der Waals surface area contributed by atoms with Gasteiger partial charge < -0.3 is 20.5 Å². The number of carbonyl (C=O) groups is 3. The van der Waals surface area contributed by atoms with Crippen LogP contribution in [0.4, 0.5) is 5.69 Å². The normalized spacial score (nSPS) is 12.9. The first kappa shape index (κ1) is 19.4. The summed E-state index contributed by atoms with van der Waals surface area (Å²) in [5, 5.41) is 14.5. The average molecular weight is 382 g/mol. The highest BCUT2D eigenvalue weighted by atomic mass is 16.5. The van der Waals surface area contributed by atoms with Gasteiger partial charge in [0, 0.05) is 22.9 Å². The molecule has 0 saturated heterocycles. The van der Waals surface area contributed by atoms with E-state index in [4.69, 9.17) is 9.84 Å². The van der Waals surface area contributed by atoms with Crippen LogP contribution in [0.2, 0.25) is 0 Å². The number of hydrogen-bond acceptors (Lipinski definition) is 4. The number of benzene rings is 2. The fourth-order valence-corrected chi connectivity index (χ4v) is 2.85. The van der Waals surface area contributed by atoms with Crippen LogP contribution < -0.4 is 15.4 Å². The zero-order valence-corrected chi connectivity index (χ0v) is 15.7. The average Bonchev–Trinajstić information content (AvgIpc) is 3.45. The van der Waals surface area contributed by atoms with Gasteiger partial charge in [0.15, 0.2) is 6.61 Å². The van der Waals surface area contributed by atoms with E-state index in [9.17, 15) is 14.4 Å². The highest BCUT2D eigenvalue weighted by Gasteiger charge is 2.23. The first-order chi connectivity index (χ1) is 13.3. The summed E-state index contributed by atoms with van der Waals surface area (Å²) in [6.07, 6.45) is 2.05. The SMILES string of the molecule is Cc1cc(C(=O)Nc2ccc(C(=O)NC3CC3)cc2)cc(C)c1OCC(=O)O. The summed E-state index contributed by atoms with van der Waals surface area (Å²) >= 11 is 0. The number of amides is 2. The molecule has 2 amide bonds. The Hall–Kier alpha value is -3.35. The Bertz CT molecular complexity index is 894. The molecule has 1 saturated carbocycles. The van der Waals surface area contributed by atoms with E-state index in [1.54, 1.807) is 50.2 Å². The van der Waals surface area contributed by atoms with E-state index < -0.39 is 12.6 Å². The third kappa shape index (κ3) is 4.88. The lowest BCUT2D eigenvalue weighted by Gasteiger charge is -2.13. The number of rotatable bonds is 7. The van der Waals surface area contributed by atoms with E-state index in [0.29, 0.717) is 39.7 Å². The Morgan fingerprint density at radius 1 is 1.00 bits per heavy atom. The van der Waals surface area contributed by atoms with Gasteiger partial charge in [-0.2, -0.15) is 0 Å². The predicted octanol–water partition coefficient (Wildman–Crippen LogP) is 2.91. The van der Waals surface area contributed by atoms with E-state index in [2.05, 4.69) is 10.6 Å². The van der Waals surface area contributed by atoms with Crippen molar-refractivity contribution in [2.75, 3.05) is 11.9 Å². The lowest BCUT2D eigenvalue weighted by atomic mass is 10.0. The van der Waals surface area contributed by atoms with Gasteiger partial charge in [-0.05, 0) is 74.2 Å². The summed E-state index contributed by atoms with van der Waals surface area (Å²) in [6, 6.07) is 10.3. The summed E-state index contributed by atoms with van der Waals surface area (Å²) in [6.45, 7) is 3.08. The third-order valence-corrected chi connectivity index (χ3v) is 4.38. The summed E-state index contributed by atoms with van der Waals surface area (Å²) in [7, 11) is 0. The molecule has 0 spiro atoms. The molecule has 0 radical (unpaired) electrons. The van der Waals surface area contributed by atoms with Crippen LogP contribution in [0.3, 0.4) is 0 Å². The minimum atomic E-state index is -1.06. The van der Waals surface area contributed by atoms with Crippen molar-refractivity contribution in [2.45, 2.75) is 32.7 Å². The van der Waals surface area contributed by atoms with Crippen LogP contribution in [0.1, 0.15) is 44.7 Å². The van der Waals surface area contributed by atoms with Gasteiger partial charge in [-0.15, -0.1) is 0 Å². The Kier molecular flexibility index (Phi) is 5.63. The second-order valence-corrected chi connectivity index (χ2v) is 6.90. The Morgan fingerprint density at radius 3 is 2.14 bits per heavy atom. The van der Waals surface area contributed by atoms with Gasteiger partial charge in [0.1, 0.15) is 5.75 Å². The lowest BCUT2D eigenvalue weighted by molar-refractivity contribution is -0.139. The van der Waals surface area contributed by atoms with Crippen molar-refractivity contribution >= 4 is 23.5 Å². The van der Waals surface area contributed by atoms with Gasteiger partial charge in [-0.3, -0.25) is 9.59 Å². The van der Waals surface area contributed by atoms with Crippen molar-refractivity contribution in [2.24, 2.45) is 0 Å². The first-order valence-corrected chi connectivity index (χ1v) is 9.01. The number of anilines is 1. The van der Waals surface area contributed by atoms with Gasteiger partial charge >= 0.3 is 5.97 Å². The molecule has 1 fully saturated rings. The monoisotopic (exact) mass is 382 g/mol. The number of carbonyl (C=O) groups excluding carboxylic acids is 2. The Balaban J connectivity index is 1.66. The van der Waals surface area contributed by atoms with Gasteiger partial charge in [-0.25, -0.2) is 4.79 Å². The molecule has 0 heterocycles. The van der Waals surface area contributed by atoms with Crippen LogP contribution in [-0.2, 0) is 4.79 Å². The molecule has 0 bridgehead atoms. The van der Waals surface area contributed by atoms with E-state index in [-0.39, 0.29) is 11.8 Å². The topological polar surface area (TPSA) is 105 Å². The molecule has 3 N–H and O–H groups in total. The first-order valence-electron chi connectivity index (χ1n) is 9.01. The maximum atomic E-state index is 12.5. The number of aliphatic carboxylic acids is 1.